The van der Waals surface area contributed by atoms with Crippen LogP contribution in [0.5, 0.6) is 0 Å². The minimum atomic E-state index is -0.199. The van der Waals surface area contributed by atoms with Gasteiger partial charge in [-0.1, -0.05) is 39.7 Å². The summed E-state index contributed by atoms with van der Waals surface area (Å²) in [6.07, 6.45) is 0. The predicted molar refractivity (Wildman–Crippen MR) is 83.0 cm³/mol. The van der Waals surface area contributed by atoms with Crippen LogP contribution in [0.25, 0.3) is 0 Å². The van der Waals surface area contributed by atoms with E-state index < -0.39 is 0 Å². The SMILES string of the molecule is Cc1c(Br)ccc(NC(=O)c2ccccc2Cl)c1C. The molecule has 1 amide bonds. The quantitative estimate of drug-likeness (QED) is 0.823. The van der Waals surface area contributed by atoms with Crippen molar-refractivity contribution >= 4 is 39.1 Å². The minimum absolute atomic E-state index is 0.199. The fraction of sp³-hybridized carbons (Fsp3) is 0.133. The van der Waals surface area contributed by atoms with Gasteiger partial charge in [-0.3, -0.25) is 4.79 Å². The number of hydrogen-bond donors (Lipinski definition) is 1. The summed E-state index contributed by atoms with van der Waals surface area (Å²) in [5.41, 5.74) is 3.42. The van der Waals surface area contributed by atoms with Gasteiger partial charge in [0.15, 0.2) is 0 Å². The third-order valence-electron chi connectivity index (χ3n) is 3.09. The van der Waals surface area contributed by atoms with Gasteiger partial charge in [-0.2, -0.15) is 0 Å². The number of carbonyl (C=O) groups excluding carboxylic acids is 1. The first-order chi connectivity index (χ1) is 9.00. The molecule has 0 spiro atoms. The highest BCUT2D eigenvalue weighted by Crippen LogP contribution is 2.26. The van der Waals surface area contributed by atoms with Gasteiger partial charge in [0.2, 0.25) is 0 Å². The zero-order valence-corrected chi connectivity index (χ0v) is 13.0. The first-order valence-corrected chi connectivity index (χ1v) is 6.99. The van der Waals surface area contributed by atoms with Crippen molar-refractivity contribution < 1.29 is 4.79 Å². The summed E-state index contributed by atoms with van der Waals surface area (Å²) in [6.45, 7) is 3.98. The molecule has 2 aromatic rings. The van der Waals surface area contributed by atoms with Crippen molar-refractivity contribution in [1.29, 1.82) is 0 Å². The maximum Gasteiger partial charge on any atom is 0.257 e. The maximum absolute atomic E-state index is 12.2. The topological polar surface area (TPSA) is 29.1 Å². The highest BCUT2D eigenvalue weighted by Gasteiger charge is 2.12. The van der Waals surface area contributed by atoms with E-state index in [4.69, 9.17) is 11.6 Å². The lowest BCUT2D eigenvalue weighted by Gasteiger charge is -2.12. The van der Waals surface area contributed by atoms with E-state index >= 15 is 0 Å². The molecule has 0 aliphatic heterocycles. The number of nitrogens with one attached hydrogen (secondary N) is 1. The van der Waals surface area contributed by atoms with Crippen molar-refractivity contribution in [3.8, 4) is 0 Å². The Kier molecular flexibility index (Phi) is 4.27. The van der Waals surface area contributed by atoms with Gasteiger partial charge in [-0.15, -0.1) is 0 Å². The monoisotopic (exact) mass is 337 g/mol. The number of benzene rings is 2. The van der Waals surface area contributed by atoms with Gasteiger partial charge in [0.25, 0.3) is 5.91 Å². The summed E-state index contributed by atoms with van der Waals surface area (Å²) in [5, 5.41) is 3.34. The van der Waals surface area contributed by atoms with E-state index in [0.717, 1.165) is 21.3 Å². The van der Waals surface area contributed by atoms with Crippen LogP contribution in [0.4, 0.5) is 5.69 Å². The molecule has 2 aromatic carbocycles. The Bertz CT molecular complexity index is 640. The number of rotatable bonds is 2. The van der Waals surface area contributed by atoms with E-state index in [-0.39, 0.29) is 5.91 Å². The predicted octanol–water partition coefficient (Wildman–Crippen LogP) is 4.97. The third-order valence-corrected chi connectivity index (χ3v) is 4.28. The molecule has 0 fully saturated rings. The molecule has 0 saturated carbocycles. The van der Waals surface area contributed by atoms with Crippen molar-refractivity contribution in [1.82, 2.24) is 0 Å². The molecule has 98 valence electrons. The minimum Gasteiger partial charge on any atom is -0.322 e. The van der Waals surface area contributed by atoms with Crippen LogP contribution < -0.4 is 5.32 Å². The average Bonchev–Trinajstić information content (AvgIpc) is 2.40. The number of anilines is 1. The summed E-state index contributed by atoms with van der Waals surface area (Å²) in [6, 6.07) is 10.8. The van der Waals surface area contributed by atoms with Gasteiger partial charge in [0.05, 0.1) is 10.6 Å². The van der Waals surface area contributed by atoms with Crippen LogP contribution in [-0.4, -0.2) is 5.91 Å². The van der Waals surface area contributed by atoms with Crippen LogP contribution in [0.3, 0.4) is 0 Å². The number of hydrogen-bond acceptors (Lipinski definition) is 1. The summed E-state index contributed by atoms with van der Waals surface area (Å²) in [4.78, 5) is 12.2. The van der Waals surface area contributed by atoms with Crippen LogP contribution in [0, 0.1) is 13.8 Å². The molecule has 4 heteroatoms. The van der Waals surface area contributed by atoms with Crippen LogP contribution in [0.1, 0.15) is 21.5 Å². The normalized spacial score (nSPS) is 10.3. The highest BCUT2D eigenvalue weighted by atomic mass is 79.9. The van der Waals surface area contributed by atoms with Crippen molar-refractivity contribution in [3.05, 3.63) is 62.6 Å². The summed E-state index contributed by atoms with van der Waals surface area (Å²) < 4.78 is 1.03. The standard InChI is InChI=1S/C15H13BrClNO/c1-9-10(2)14(8-7-12(9)16)18-15(19)11-5-3-4-6-13(11)17/h3-8H,1-2H3,(H,18,19). The van der Waals surface area contributed by atoms with Gasteiger partial charge in [0.1, 0.15) is 0 Å². The van der Waals surface area contributed by atoms with Crippen molar-refractivity contribution in [3.63, 3.8) is 0 Å². The zero-order valence-electron chi connectivity index (χ0n) is 10.6. The van der Waals surface area contributed by atoms with Crippen molar-refractivity contribution in [2.45, 2.75) is 13.8 Å². The molecular formula is C15H13BrClNO. The fourth-order valence-electron chi connectivity index (χ4n) is 1.76. The smallest absolute Gasteiger partial charge is 0.257 e. The van der Waals surface area contributed by atoms with Gasteiger partial charge >= 0.3 is 0 Å². The lowest BCUT2D eigenvalue weighted by atomic mass is 10.1. The Morgan fingerprint density at radius 2 is 1.79 bits per heavy atom. The largest absolute Gasteiger partial charge is 0.322 e. The second-order valence-electron chi connectivity index (χ2n) is 4.28. The fourth-order valence-corrected chi connectivity index (χ4v) is 2.41. The zero-order chi connectivity index (χ0) is 14.0. The molecule has 0 unspecified atom stereocenters. The van der Waals surface area contributed by atoms with Crippen LogP contribution in [-0.2, 0) is 0 Å². The molecule has 2 nitrogen and oxygen atoms in total. The van der Waals surface area contributed by atoms with Crippen molar-refractivity contribution in [2.75, 3.05) is 5.32 Å². The molecule has 0 radical (unpaired) electrons. The lowest BCUT2D eigenvalue weighted by Crippen LogP contribution is -2.13. The Labute approximate surface area is 125 Å². The molecule has 19 heavy (non-hydrogen) atoms. The van der Waals surface area contributed by atoms with E-state index in [2.05, 4.69) is 21.2 Å². The lowest BCUT2D eigenvalue weighted by molar-refractivity contribution is 0.102. The Balaban J connectivity index is 2.30. The van der Waals surface area contributed by atoms with Crippen LogP contribution in [0.15, 0.2) is 40.9 Å². The molecular weight excluding hydrogens is 326 g/mol. The van der Waals surface area contributed by atoms with E-state index in [9.17, 15) is 4.79 Å². The van der Waals surface area contributed by atoms with E-state index in [1.54, 1.807) is 24.3 Å². The summed E-state index contributed by atoms with van der Waals surface area (Å²) in [5.74, 6) is -0.199. The van der Waals surface area contributed by atoms with E-state index in [0.29, 0.717) is 10.6 Å². The number of carbonyl (C=O) groups is 1. The molecule has 0 aliphatic rings. The van der Waals surface area contributed by atoms with E-state index in [1.807, 2.05) is 26.0 Å². The average molecular weight is 339 g/mol. The molecule has 0 aliphatic carbocycles. The third kappa shape index (κ3) is 2.99. The van der Waals surface area contributed by atoms with Crippen LogP contribution >= 0.6 is 27.5 Å². The van der Waals surface area contributed by atoms with Gasteiger partial charge in [-0.25, -0.2) is 0 Å². The molecule has 0 atom stereocenters. The van der Waals surface area contributed by atoms with Gasteiger partial charge < -0.3 is 5.32 Å². The summed E-state index contributed by atoms with van der Waals surface area (Å²) in [7, 11) is 0. The highest BCUT2D eigenvalue weighted by molar-refractivity contribution is 9.10. The Morgan fingerprint density at radius 1 is 1.11 bits per heavy atom. The Morgan fingerprint density at radius 3 is 2.47 bits per heavy atom. The number of amides is 1. The van der Waals surface area contributed by atoms with Gasteiger partial charge in [0, 0.05) is 10.2 Å². The van der Waals surface area contributed by atoms with E-state index in [1.165, 1.54) is 0 Å². The van der Waals surface area contributed by atoms with Crippen molar-refractivity contribution in [2.24, 2.45) is 0 Å². The second-order valence-corrected chi connectivity index (χ2v) is 5.54. The maximum atomic E-state index is 12.2. The molecule has 2 rings (SSSR count). The summed E-state index contributed by atoms with van der Waals surface area (Å²) >= 11 is 9.48. The van der Waals surface area contributed by atoms with Crippen LogP contribution in [0.2, 0.25) is 5.02 Å². The Hall–Kier alpha value is -1.32. The first kappa shape index (κ1) is 14.1. The molecule has 0 aromatic heterocycles. The molecule has 0 bridgehead atoms. The molecule has 0 heterocycles. The first-order valence-electron chi connectivity index (χ1n) is 5.82. The second kappa shape index (κ2) is 5.76. The number of halogens is 2. The molecule has 0 saturated heterocycles. The van der Waals surface area contributed by atoms with Gasteiger partial charge in [-0.05, 0) is 49.2 Å². The molecule has 1 N–H and O–H groups in total.